The second-order valence-corrected chi connectivity index (χ2v) is 6.25. The van der Waals surface area contributed by atoms with Gasteiger partial charge in [-0.1, -0.05) is 30.3 Å². The van der Waals surface area contributed by atoms with Crippen molar-refractivity contribution >= 4 is 16.8 Å². The van der Waals surface area contributed by atoms with Gasteiger partial charge in [-0.05, 0) is 30.2 Å². The summed E-state index contributed by atoms with van der Waals surface area (Å²) >= 11 is 0. The van der Waals surface area contributed by atoms with E-state index in [2.05, 4.69) is 10.3 Å². The molecule has 1 aromatic heterocycles. The normalized spacial score (nSPS) is 15.9. The van der Waals surface area contributed by atoms with Crippen molar-refractivity contribution in [2.75, 3.05) is 6.61 Å². The van der Waals surface area contributed by atoms with E-state index in [9.17, 15) is 14.4 Å². The van der Waals surface area contributed by atoms with Gasteiger partial charge in [0.15, 0.2) is 0 Å². The summed E-state index contributed by atoms with van der Waals surface area (Å²) in [5.41, 5.74) is 0.389. The molecule has 0 saturated heterocycles. The van der Waals surface area contributed by atoms with E-state index in [-0.39, 0.29) is 12.6 Å². The number of ether oxygens (including phenoxy) is 1. The van der Waals surface area contributed by atoms with Gasteiger partial charge in [0.25, 0.3) is 5.56 Å². The Morgan fingerprint density at radius 2 is 1.92 bits per heavy atom. The number of carbonyl (C=O) groups excluding carboxylic acids is 1. The number of aromatic amines is 1. The average molecular weight is 351 g/mol. The molecule has 0 saturated carbocycles. The van der Waals surface area contributed by atoms with Crippen LogP contribution in [0.15, 0.2) is 58.1 Å². The maximum Gasteiger partial charge on any atom is 0.329 e. The van der Waals surface area contributed by atoms with Crippen LogP contribution in [0.2, 0.25) is 0 Å². The molecular weight excluding hydrogens is 334 g/mol. The molecule has 1 atom stereocenters. The number of nitrogens with one attached hydrogen (secondary N) is 2. The molecule has 7 heteroatoms. The number of H-pyrrole nitrogens is 1. The summed E-state index contributed by atoms with van der Waals surface area (Å²) < 4.78 is 6.55. The number of aromatic nitrogens is 2. The topological polar surface area (TPSA) is 93.2 Å². The lowest BCUT2D eigenvalue weighted by Gasteiger charge is -2.26. The lowest BCUT2D eigenvalue weighted by atomic mass is 10.0. The van der Waals surface area contributed by atoms with Crippen LogP contribution < -0.4 is 21.3 Å². The van der Waals surface area contributed by atoms with Gasteiger partial charge in [0.05, 0.1) is 16.9 Å². The van der Waals surface area contributed by atoms with Gasteiger partial charge in [0, 0.05) is 0 Å². The average Bonchev–Trinajstić information content (AvgIpc) is 2.65. The second-order valence-electron chi connectivity index (χ2n) is 6.25. The van der Waals surface area contributed by atoms with E-state index in [4.69, 9.17) is 4.74 Å². The number of fused-ring (bicyclic) bond motifs is 2. The maximum absolute atomic E-state index is 12.5. The fourth-order valence-corrected chi connectivity index (χ4v) is 3.18. The van der Waals surface area contributed by atoms with Gasteiger partial charge < -0.3 is 15.0 Å². The Balaban J connectivity index is 1.52. The fraction of sp³-hybridized carbons (Fsp3) is 0.211. The van der Waals surface area contributed by atoms with Crippen molar-refractivity contribution in [3.63, 3.8) is 0 Å². The molecule has 0 aliphatic carbocycles. The molecule has 132 valence electrons. The van der Waals surface area contributed by atoms with Crippen LogP contribution in [0.1, 0.15) is 5.56 Å². The lowest BCUT2D eigenvalue weighted by Crippen LogP contribution is -2.47. The van der Waals surface area contributed by atoms with Crippen LogP contribution in [0.25, 0.3) is 10.9 Å². The number of hydrogen-bond donors (Lipinski definition) is 2. The lowest BCUT2D eigenvalue weighted by molar-refractivity contribution is -0.122. The van der Waals surface area contributed by atoms with E-state index in [1.165, 1.54) is 0 Å². The van der Waals surface area contributed by atoms with Crippen LogP contribution in [0.4, 0.5) is 0 Å². The van der Waals surface area contributed by atoms with E-state index in [1.54, 1.807) is 24.3 Å². The van der Waals surface area contributed by atoms with Crippen molar-refractivity contribution in [2.24, 2.45) is 0 Å². The van der Waals surface area contributed by atoms with Crippen LogP contribution >= 0.6 is 0 Å². The third kappa shape index (κ3) is 2.99. The number of benzene rings is 2. The van der Waals surface area contributed by atoms with Crippen LogP contribution in [-0.2, 0) is 17.8 Å². The third-order valence-electron chi connectivity index (χ3n) is 4.44. The minimum Gasteiger partial charge on any atom is -0.491 e. The Morgan fingerprint density at radius 3 is 2.81 bits per heavy atom. The van der Waals surface area contributed by atoms with Crippen molar-refractivity contribution in [1.29, 1.82) is 0 Å². The minimum absolute atomic E-state index is 0.201. The summed E-state index contributed by atoms with van der Waals surface area (Å²) in [6, 6.07) is 14.2. The highest BCUT2D eigenvalue weighted by molar-refractivity contribution is 5.79. The van der Waals surface area contributed by atoms with Crippen LogP contribution in [0.5, 0.6) is 5.75 Å². The smallest absolute Gasteiger partial charge is 0.329 e. The molecule has 2 N–H and O–H groups in total. The molecule has 0 fully saturated rings. The summed E-state index contributed by atoms with van der Waals surface area (Å²) in [6.07, 6.45) is 0.644. The number of rotatable bonds is 3. The molecule has 7 nitrogen and oxygen atoms in total. The minimum atomic E-state index is -0.603. The Labute approximate surface area is 148 Å². The first-order valence-corrected chi connectivity index (χ1v) is 8.34. The Hall–Kier alpha value is -3.35. The van der Waals surface area contributed by atoms with Crippen molar-refractivity contribution in [3.05, 3.63) is 74.9 Å². The molecule has 26 heavy (non-hydrogen) atoms. The standard InChI is InChI=1S/C19H17N3O4/c23-17(20-13-9-12-5-1-4-8-16(12)26-11-13)10-22-18(24)14-6-2-3-7-15(14)21-19(22)25/h1-8,13H,9-11H2,(H,20,23)(H,21,25). The predicted molar refractivity (Wildman–Crippen MR) is 96.4 cm³/mol. The molecule has 1 aliphatic heterocycles. The maximum atomic E-state index is 12.5. The van der Waals surface area contributed by atoms with Gasteiger partial charge in [-0.2, -0.15) is 0 Å². The van der Waals surface area contributed by atoms with Crippen molar-refractivity contribution < 1.29 is 9.53 Å². The highest BCUT2D eigenvalue weighted by atomic mass is 16.5. The summed E-state index contributed by atoms with van der Waals surface area (Å²) in [6.45, 7) is 0.0167. The second kappa shape index (κ2) is 6.51. The van der Waals surface area contributed by atoms with Gasteiger partial charge in [-0.25, -0.2) is 4.79 Å². The Morgan fingerprint density at radius 1 is 1.15 bits per heavy atom. The van der Waals surface area contributed by atoms with Gasteiger partial charge in [-0.3, -0.25) is 14.2 Å². The zero-order chi connectivity index (χ0) is 18.1. The van der Waals surface area contributed by atoms with Crippen LogP contribution in [0.3, 0.4) is 0 Å². The summed E-state index contributed by atoms with van der Waals surface area (Å²) in [5, 5.41) is 3.20. The zero-order valence-corrected chi connectivity index (χ0v) is 13.9. The SMILES string of the molecule is O=C(Cn1c(=O)[nH]c2ccccc2c1=O)NC1COc2ccccc2C1. The summed E-state index contributed by atoms with van der Waals surface area (Å²) in [5.74, 6) is 0.418. The number of hydrogen-bond acceptors (Lipinski definition) is 4. The van der Waals surface area contributed by atoms with Crippen molar-refractivity contribution in [3.8, 4) is 5.75 Å². The van der Waals surface area contributed by atoms with Crippen molar-refractivity contribution in [2.45, 2.75) is 19.0 Å². The molecule has 4 rings (SSSR count). The molecule has 1 unspecified atom stereocenters. The predicted octanol–water partition coefficient (Wildman–Crippen LogP) is 0.810. The van der Waals surface area contributed by atoms with E-state index in [0.29, 0.717) is 23.9 Å². The first-order chi connectivity index (χ1) is 12.6. The van der Waals surface area contributed by atoms with E-state index in [0.717, 1.165) is 15.9 Å². The summed E-state index contributed by atoms with van der Waals surface area (Å²) in [7, 11) is 0. The molecular formula is C19H17N3O4. The molecule has 2 heterocycles. The van der Waals surface area contributed by atoms with Gasteiger partial charge >= 0.3 is 5.69 Å². The van der Waals surface area contributed by atoms with Gasteiger partial charge in [0.2, 0.25) is 5.91 Å². The molecule has 0 spiro atoms. The van der Waals surface area contributed by atoms with Crippen LogP contribution in [-0.4, -0.2) is 28.1 Å². The highest BCUT2D eigenvalue weighted by Gasteiger charge is 2.21. The number of nitrogens with zero attached hydrogens (tertiary/aromatic N) is 1. The van der Waals surface area contributed by atoms with Crippen molar-refractivity contribution in [1.82, 2.24) is 14.9 Å². The van der Waals surface area contributed by atoms with E-state index >= 15 is 0 Å². The highest BCUT2D eigenvalue weighted by Crippen LogP contribution is 2.23. The van der Waals surface area contributed by atoms with Crippen LogP contribution in [0, 0.1) is 0 Å². The zero-order valence-electron chi connectivity index (χ0n) is 13.9. The largest absolute Gasteiger partial charge is 0.491 e. The molecule has 1 amide bonds. The molecule has 0 bridgehead atoms. The number of para-hydroxylation sites is 2. The number of amides is 1. The van der Waals surface area contributed by atoms with Gasteiger partial charge in [0.1, 0.15) is 18.9 Å². The molecule has 0 radical (unpaired) electrons. The first-order valence-electron chi connectivity index (χ1n) is 8.34. The van der Waals surface area contributed by atoms with E-state index in [1.807, 2.05) is 24.3 Å². The van der Waals surface area contributed by atoms with E-state index < -0.39 is 17.2 Å². The fourth-order valence-electron chi connectivity index (χ4n) is 3.18. The summed E-state index contributed by atoms with van der Waals surface area (Å²) in [4.78, 5) is 39.6. The molecule has 3 aromatic rings. The first kappa shape index (κ1) is 16.1. The Kier molecular flexibility index (Phi) is 4.04. The number of carbonyl (C=O) groups is 1. The monoisotopic (exact) mass is 351 g/mol. The van der Waals surface area contributed by atoms with Gasteiger partial charge in [-0.15, -0.1) is 0 Å². The quantitative estimate of drug-likeness (QED) is 0.730. The third-order valence-corrected chi connectivity index (χ3v) is 4.44. The Bertz CT molecular complexity index is 1100. The molecule has 1 aliphatic rings. The molecule has 2 aromatic carbocycles.